The van der Waals surface area contributed by atoms with E-state index in [-0.39, 0.29) is 17.5 Å². The highest BCUT2D eigenvalue weighted by Crippen LogP contribution is 2.24. The van der Waals surface area contributed by atoms with Crippen molar-refractivity contribution in [2.45, 2.75) is 18.9 Å². The molecule has 3 N–H and O–H groups in total. The zero-order chi connectivity index (χ0) is 22.2. The molecule has 0 aromatic carbocycles. The van der Waals surface area contributed by atoms with Gasteiger partial charge in [0.05, 0.1) is 28.0 Å². The van der Waals surface area contributed by atoms with Crippen LogP contribution in [-0.2, 0) is 7.05 Å². The van der Waals surface area contributed by atoms with Crippen LogP contribution in [0.5, 0.6) is 0 Å². The van der Waals surface area contributed by atoms with Gasteiger partial charge in [0.2, 0.25) is 5.95 Å². The molecule has 0 saturated carbocycles. The number of aromatic amines is 1. The fourth-order valence-electron chi connectivity index (χ4n) is 3.92. The second-order valence-corrected chi connectivity index (χ2v) is 8.99. The molecule has 1 fully saturated rings. The Morgan fingerprint density at radius 2 is 2.09 bits per heavy atom. The summed E-state index contributed by atoms with van der Waals surface area (Å²) >= 11 is 1.39. The van der Waals surface area contributed by atoms with Gasteiger partial charge in [0.1, 0.15) is 5.52 Å². The number of piperidine rings is 1. The van der Waals surface area contributed by atoms with E-state index in [0.29, 0.717) is 22.5 Å². The molecule has 1 amide bonds. The molecule has 5 rings (SSSR count). The lowest BCUT2D eigenvalue weighted by molar-refractivity contribution is 0.0917. The van der Waals surface area contributed by atoms with Crippen LogP contribution in [0.1, 0.15) is 23.2 Å². The van der Waals surface area contributed by atoms with Crippen LogP contribution in [0.3, 0.4) is 0 Å². The molecule has 1 aliphatic heterocycles. The van der Waals surface area contributed by atoms with E-state index >= 15 is 0 Å². The predicted octanol–water partition coefficient (Wildman–Crippen LogP) is 2.08. The highest BCUT2D eigenvalue weighted by atomic mass is 32.1. The number of amides is 1. The van der Waals surface area contributed by atoms with Gasteiger partial charge in [-0.05, 0) is 45.1 Å². The Labute approximate surface area is 187 Å². The van der Waals surface area contributed by atoms with Crippen LogP contribution in [0.4, 0.5) is 10.9 Å². The lowest BCUT2D eigenvalue weighted by atomic mass is 10.1. The fraction of sp³-hybridized carbons (Fsp3) is 0.333. The van der Waals surface area contributed by atoms with Crippen molar-refractivity contribution in [2.75, 3.05) is 25.5 Å². The first-order chi connectivity index (χ1) is 15.5. The summed E-state index contributed by atoms with van der Waals surface area (Å²) in [4.78, 5) is 34.9. The van der Waals surface area contributed by atoms with E-state index in [4.69, 9.17) is 0 Å². The molecular weight excluding hydrogens is 428 g/mol. The van der Waals surface area contributed by atoms with Crippen molar-refractivity contribution in [3.05, 3.63) is 52.0 Å². The summed E-state index contributed by atoms with van der Waals surface area (Å²) in [6.45, 7) is 1.98. The van der Waals surface area contributed by atoms with E-state index in [1.54, 1.807) is 33.8 Å². The predicted molar refractivity (Wildman–Crippen MR) is 124 cm³/mol. The summed E-state index contributed by atoms with van der Waals surface area (Å²) in [5.41, 5.74) is 2.14. The van der Waals surface area contributed by atoms with Crippen molar-refractivity contribution < 1.29 is 4.79 Å². The van der Waals surface area contributed by atoms with Gasteiger partial charge in [0.15, 0.2) is 0 Å². The van der Waals surface area contributed by atoms with Crippen LogP contribution < -0.4 is 16.2 Å². The number of hydrogen-bond donors (Lipinski definition) is 3. The standard InChI is InChI=1S/C21H24N8O2S/c1-27-6-3-14(4-7-27)23-19(30)13-9-17(32-12-13)25-21-24-16-5-8-29(18(16)20(31)26-21)15-10-22-28(2)11-15/h5,8-12,14H,3-4,6-7H2,1-2H3,(H,23,30)(H2,24,25,26,31). The van der Waals surface area contributed by atoms with Crippen molar-refractivity contribution in [2.24, 2.45) is 7.05 Å². The number of nitrogens with zero attached hydrogens (tertiary/aromatic N) is 5. The van der Waals surface area contributed by atoms with Gasteiger partial charge in [-0.25, -0.2) is 4.98 Å². The molecule has 4 aromatic heterocycles. The number of nitrogens with one attached hydrogen (secondary N) is 3. The normalized spacial score (nSPS) is 15.3. The third kappa shape index (κ3) is 4.04. The van der Waals surface area contributed by atoms with Crippen LogP contribution in [0.2, 0.25) is 0 Å². The molecule has 0 spiro atoms. The Kier molecular flexibility index (Phi) is 5.27. The second-order valence-electron chi connectivity index (χ2n) is 8.08. The first-order valence-corrected chi connectivity index (χ1v) is 11.3. The van der Waals surface area contributed by atoms with Gasteiger partial charge in [0.25, 0.3) is 11.5 Å². The molecule has 0 unspecified atom stereocenters. The third-order valence-corrected chi connectivity index (χ3v) is 6.52. The maximum Gasteiger partial charge on any atom is 0.277 e. The summed E-state index contributed by atoms with van der Waals surface area (Å²) in [7, 11) is 3.92. The Bertz CT molecular complexity index is 1330. The van der Waals surface area contributed by atoms with Crippen molar-refractivity contribution in [3.63, 3.8) is 0 Å². The zero-order valence-corrected chi connectivity index (χ0v) is 18.6. The topological polar surface area (TPSA) is 113 Å². The van der Waals surface area contributed by atoms with Crippen molar-refractivity contribution in [1.29, 1.82) is 0 Å². The highest BCUT2D eigenvalue weighted by molar-refractivity contribution is 7.14. The van der Waals surface area contributed by atoms with Gasteiger partial charge in [0, 0.05) is 30.9 Å². The number of H-pyrrole nitrogens is 1. The van der Waals surface area contributed by atoms with Crippen LogP contribution in [-0.4, -0.2) is 61.3 Å². The van der Waals surface area contributed by atoms with Gasteiger partial charge in [-0.1, -0.05) is 0 Å². The van der Waals surface area contributed by atoms with Crippen molar-refractivity contribution in [3.8, 4) is 5.69 Å². The number of hydrogen-bond acceptors (Lipinski definition) is 7. The minimum Gasteiger partial charge on any atom is -0.349 e. The summed E-state index contributed by atoms with van der Waals surface area (Å²) in [5.74, 6) is 0.255. The molecular formula is C21H24N8O2S. The quantitative estimate of drug-likeness (QED) is 0.427. The van der Waals surface area contributed by atoms with Gasteiger partial charge in [-0.3, -0.25) is 19.3 Å². The van der Waals surface area contributed by atoms with E-state index in [1.165, 1.54) is 11.3 Å². The van der Waals surface area contributed by atoms with E-state index < -0.39 is 0 Å². The molecule has 1 saturated heterocycles. The molecule has 4 aromatic rings. The first-order valence-electron chi connectivity index (χ1n) is 10.4. The Morgan fingerprint density at radius 3 is 2.84 bits per heavy atom. The smallest absolute Gasteiger partial charge is 0.277 e. The molecule has 1 aliphatic rings. The van der Waals surface area contributed by atoms with E-state index in [2.05, 4.69) is 37.6 Å². The lowest BCUT2D eigenvalue weighted by Crippen LogP contribution is -2.43. The van der Waals surface area contributed by atoms with Crippen LogP contribution in [0.25, 0.3) is 16.7 Å². The van der Waals surface area contributed by atoms with E-state index in [1.807, 2.05) is 18.6 Å². The number of carbonyl (C=O) groups excluding carboxylic acids is 1. The molecule has 0 radical (unpaired) electrons. The Morgan fingerprint density at radius 1 is 1.28 bits per heavy atom. The molecule has 0 atom stereocenters. The summed E-state index contributed by atoms with van der Waals surface area (Å²) in [5, 5.41) is 12.9. The van der Waals surface area contributed by atoms with Crippen LogP contribution in [0.15, 0.2) is 40.9 Å². The molecule has 166 valence electrons. The number of anilines is 2. The Balaban J connectivity index is 1.31. The number of thiophene rings is 1. The maximum atomic E-state index is 12.8. The summed E-state index contributed by atoms with van der Waals surface area (Å²) in [6, 6.07) is 3.77. The monoisotopic (exact) mass is 452 g/mol. The molecule has 11 heteroatoms. The van der Waals surface area contributed by atoms with Gasteiger partial charge in [-0.15, -0.1) is 11.3 Å². The summed E-state index contributed by atoms with van der Waals surface area (Å²) in [6.07, 6.45) is 7.23. The maximum absolute atomic E-state index is 12.8. The lowest BCUT2D eigenvalue weighted by Gasteiger charge is -2.29. The largest absolute Gasteiger partial charge is 0.349 e. The average Bonchev–Trinajstić information content (AvgIpc) is 3.49. The SMILES string of the molecule is CN1CCC(NC(=O)c2csc(Nc3nc4ccn(-c5cnn(C)c5)c4c(=O)[nH]3)c2)CC1. The summed E-state index contributed by atoms with van der Waals surface area (Å²) < 4.78 is 3.44. The Hall–Kier alpha value is -3.44. The third-order valence-electron chi connectivity index (χ3n) is 5.67. The highest BCUT2D eigenvalue weighted by Gasteiger charge is 2.20. The first kappa shape index (κ1) is 20.5. The number of fused-ring (bicyclic) bond motifs is 1. The van der Waals surface area contributed by atoms with Crippen LogP contribution in [0, 0.1) is 0 Å². The number of likely N-dealkylation sites (tertiary alicyclic amines) is 1. The van der Waals surface area contributed by atoms with E-state index in [0.717, 1.165) is 36.6 Å². The number of rotatable bonds is 5. The van der Waals surface area contributed by atoms with Gasteiger partial charge in [-0.2, -0.15) is 5.10 Å². The molecule has 5 heterocycles. The van der Waals surface area contributed by atoms with Crippen molar-refractivity contribution in [1.82, 2.24) is 34.5 Å². The minimum atomic E-state index is -0.261. The zero-order valence-electron chi connectivity index (χ0n) is 17.8. The average molecular weight is 453 g/mol. The van der Waals surface area contributed by atoms with Crippen molar-refractivity contribution >= 4 is 39.2 Å². The van der Waals surface area contributed by atoms with Gasteiger partial charge >= 0.3 is 0 Å². The number of aromatic nitrogens is 5. The molecule has 0 aliphatic carbocycles. The number of aryl methyl sites for hydroxylation is 1. The number of carbonyl (C=O) groups is 1. The van der Waals surface area contributed by atoms with E-state index in [9.17, 15) is 9.59 Å². The van der Waals surface area contributed by atoms with Gasteiger partial charge < -0.3 is 20.1 Å². The fourth-order valence-corrected chi connectivity index (χ4v) is 4.70. The van der Waals surface area contributed by atoms with Crippen LogP contribution >= 0.6 is 11.3 Å². The second kappa shape index (κ2) is 8.24. The molecule has 0 bridgehead atoms. The minimum absolute atomic E-state index is 0.0747. The molecule has 32 heavy (non-hydrogen) atoms. The molecule has 10 nitrogen and oxygen atoms in total.